The Morgan fingerprint density at radius 3 is 3.00 bits per heavy atom. The molecule has 6 heteroatoms. The summed E-state index contributed by atoms with van der Waals surface area (Å²) in [6, 6.07) is 0. The van der Waals surface area contributed by atoms with Crippen molar-refractivity contribution >= 4 is 5.97 Å². The molecular formula is C8H14HgO5. The predicted octanol–water partition coefficient (Wildman–Crippen LogP) is 1.05. The van der Waals surface area contributed by atoms with Gasteiger partial charge in [0, 0.05) is 0 Å². The summed E-state index contributed by atoms with van der Waals surface area (Å²) in [5.41, 5.74) is -0.339. The van der Waals surface area contributed by atoms with Crippen molar-refractivity contribution in [3.05, 3.63) is 0 Å². The van der Waals surface area contributed by atoms with Crippen molar-refractivity contribution in [1.29, 1.82) is 0 Å². The second-order valence-electron chi connectivity index (χ2n) is 3.58. The van der Waals surface area contributed by atoms with Gasteiger partial charge in [0.05, 0.1) is 0 Å². The zero-order valence-electron chi connectivity index (χ0n) is 8.74. The first-order valence-electron chi connectivity index (χ1n) is 4.61. The molecule has 0 amide bonds. The van der Waals surface area contributed by atoms with Crippen LogP contribution in [0, 0.1) is 0 Å². The third-order valence-corrected chi connectivity index (χ3v) is 9.23. The fraction of sp³-hybridized carbons (Fsp3) is 0.875. The van der Waals surface area contributed by atoms with Crippen LogP contribution in [0.3, 0.4) is 0 Å². The summed E-state index contributed by atoms with van der Waals surface area (Å²) >= 11 is -1.59. The van der Waals surface area contributed by atoms with Gasteiger partial charge in [-0.1, -0.05) is 0 Å². The van der Waals surface area contributed by atoms with Crippen molar-refractivity contribution in [2.24, 2.45) is 0 Å². The SMILES string of the molecule is CC(=O)[O][Hg][CH2][C@]1(C)COO[C@H](C)O1. The molecule has 1 saturated heterocycles. The Hall–Kier alpha value is 0.285. The van der Waals surface area contributed by atoms with Gasteiger partial charge in [-0.3, -0.25) is 0 Å². The summed E-state index contributed by atoms with van der Waals surface area (Å²) in [7, 11) is 0. The van der Waals surface area contributed by atoms with Crippen molar-refractivity contribution in [3.63, 3.8) is 0 Å². The normalized spacial score (nSPS) is 32.1. The van der Waals surface area contributed by atoms with Gasteiger partial charge >= 0.3 is 96.1 Å². The van der Waals surface area contributed by atoms with Crippen molar-refractivity contribution in [2.45, 2.75) is 36.6 Å². The molecular weight excluding hydrogens is 377 g/mol. The van der Waals surface area contributed by atoms with Crippen molar-refractivity contribution < 1.29 is 47.0 Å². The average molecular weight is 391 g/mol. The van der Waals surface area contributed by atoms with Crippen LogP contribution >= 0.6 is 0 Å². The minimum atomic E-state index is -1.59. The van der Waals surface area contributed by atoms with Crippen molar-refractivity contribution in [2.75, 3.05) is 6.61 Å². The zero-order chi connectivity index (χ0) is 10.6. The quantitative estimate of drug-likeness (QED) is 0.532. The Balaban J connectivity index is 2.29. The van der Waals surface area contributed by atoms with E-state index >= 15 is 0 Å². The Morgan fingerprint density at radius 2 is 2.43 bits per heavy atom. The molecule has 1 aliphatic heterocycles. The molecule has 1 fully saturated rings. The van der Waals surface area contributed by atoms with Crippen molar-refractivity contribution in [3.8, 4) is 0 Å². The van der Waals surface area contributed by atoms with E-state index in [1.54, 1.807) is 6.92 Å². The Kier molecular flexibility index (Phi) is 4.76. The van der Waals surface area contributed by atoms with E-state index < -0.39 is 25.0 Å². The van der Waals surface area contributed by atoms with E-state index in [0.717, 1.165) is 3.93 Å². The molecule has 1 aliphatic rings. The summed E-state index contributed by atoms with van der Waals surface area (Å²) < 4.78 is 11.4. The molecule has 0 saturated carbocycles. The maximum atomic E-state index is 10.6. The third-order valence-electron chi connectivity index (χ3n) is 1.95. The van der Waals surface area contributed by atoms with Gasteiger partial charge in [-0.25, -0.2) is 0 Å². The first-order valence-corrected chi connectivity index (χ1v) is 10.7. The number of carbonyl (C=O) groups excluding carboxylic acids is 1. The topological polar surface area (TPSA) is 54.0 Å². The van der Waals surface area contributed by atoms with E-state index in [0.29, 0.717) is 6.61 Å². The second kappa shape index (κ2) is 5.39. The Labute approximate surface area is 96.1 Å². The van der Waals surface area contributed by atoms with Gasteiger partial charge < -0.3 is 0 Å². The van der Waals surface area contributed by atoms with Gasteiger partial charge in [-0.15, -0.1) is 0 Å². The molecule has 0 aromatic carbocycles. The molecule has 5 nitrogen and oxygen atoms in total. The number of hydrogen-bond acceptors (Lipinski definition) is 5. The van der Waals surface area contributed by atoms with Crippen LogP contribution in [0.2, 0.25) is 3.93 Å². The van der Waals surface area contributed by atoms with Gasteiger partial charge in [0.1, 0.15) is 0 Å². The van der Waals surface area contributed by atoms with Gasteiger partial charge in [-0.2, -0.15) is 0 Å². The van der Waals surface area contributed by atoms with Gasteiger partial charge in [0.25, 0.3) is 0 Å². The summed E-state index contributed by atoms with van der Waals surface area (Å²) in [6.45, 7) is 5.57. The molecule has 0 N–H and O–H groups in total. The average Bonchev–Trinajstić information content (AvgIpc) is 2.01. The third kappa shape index (κ3) is 4.21. The van der Waals surface area contributed by atoms with E-state index in [4.69, 9.17) is 17.2 Å². The summed E-state index contributed by atoms with van der Waals surface area (Å²) in [5, 5.41) is 0. The van der Waals surface area contributed by atoms with Gasteiger partial charge in [-0.05, 0) is 0 Å². The molecule has 78 valence electrons. The van der Waals surface area contributed by atoms with Crippen LogP contribution in [0.5, 0.6) is 0 Å². The zero-order valence-corrected chi connectivity index (χ0v) is 14.2. The summed E-state index contributed by atoms with van der Waals surface area (Å²) in [5.74, 6) is -0.184. The molecule has 0 unspecified atom stereocenters. The predicted molar refractivity (Wildman–Crippen MR) is 42.6 cm³/mol. The maximum absolute atomic E-state index is 10.6. The molecule has 0 aromatic rings. The Morgan fingerprint density at radius 1 is 1.71 bits per heavy atom. The first-order chi connectivity index (χ1) is 6.52. The first kappa shape index (κ1) is 12.4. The molecule has 0 aliphatic carbocycles. The van der Waals surface area contributed by atoms with Crippen LogP contribution in [0.4, 0.5) is 0 Å². The number of carbonyl (C=O) groups is 1. The van der Waals surface area contributed by atoms with Crippen molar-refractivity contribution in [1.82, 2.24) is 0 Å². The number of ether oxygens (including phenoxy) is 1. The second-order valence-corrected chi connectivity index (χ2v) is 8.24. The van der Waals surface area contributed by atoms with Crippen LogP contribution in [0.1, 0.15) is 20.8 Å². The van der Waals surface area contributed by atoms with Crippen LogP contribution in [-0.4, -0.2) is 24.5 Å². The number of rotatable bonds is 3. The molecule has 0 aromatic heterocycles. The van der Waals surface area contributed by atoms with E-state index in [1.807, 2.05) is 6.92 Å². The van der Waals surface area contributed by atoms with Gasteiger partial charge in [0.15, 0.2) is 0 Å². The van der Waals surface area contributed by atoms with E-state index in [-0.39, 0.29) is 17.9 Å². The molecule has 14 heavy (non-hydrogen) atoms. The molecule has 1 heterocycles. The molecule has 0 radical (unpaired) electrons. The van der Waals surface area contributed by atoms with E-state index in [1.165, 1.54) is 6.92 Å². The molecule has 0 spiro atoms. The minimum absolute atomic E-state index is 0.184. The van der Waals surface area contributed by atoms with E-state index in [2.05, 4.69) is 0 Å². The molecule has 0 bridgehead atoms. The molecule has 1 rings (SSSR count). The fourth-order valence-corrected chi connectivity index (χ4v) is 5.46. The van der Waals surface area contributed by atoms with Crippen LogP contribution in [0.15, 0.2) is 0 Å². The number of hydrogen-bond donors (Lipinski definition) is 0. The summed E-state index contributed by atoms with van der Waals surface area (Å²) in [6.07, 6.45) is -0.348. The van der Waals surface area contributed by atoms with E-state index in [9.17, 15) is 4.79 Å². The monoisotopic (exact) mass is 392 g/mol. The summed E-state index contributed by atoms with van der Waals surface area (Å²) in [4.78, 5) is 20.3. The van der Waals surface area contributed by atoms with Crippen LogP contribution in [0.25, 0.3) is 0 Å². The molecule has 2 atom stereocenters. The van der Waals surface area contributed by atoms with Gasteiger partial charge in [0.2, 0.25) is 0 Å². The van der Waals surface area contributed by atoms with Crippen LogP contribution in [-0.2, 0) is 47.0 Å². The Bertz CT molecular complexity index is 210. The fourth-order valence-electron chi connectivity index (χ4n) is 1.25. The van der Waals surface area contributed by atoms with Crippen LogP contribution < -0.4 is 0 Å². The standard InChI is InChI=1S/C6H11O3.C2H4O2.Hg/c1-5-8-6(2,3)4-7-9-5;1-2(3)4;/h5H,2,4H2,1,3H3;1H3,(H,3,4);/q;;+1/p-1/t5-,6+;;/m1../s1.